The average molecular weight is 276 g/mol. The molecule has 0 bridgehead atoms. The molecule has 3 rings (SSSR count). The quantitative estimate of drug-likeness (QED) is 0.701. The summed E-state index contributed by atoms with van der Waals surface area (Å²) in [4.78, 5) is 5.02. The van der Waals surface area contributed by atoms with Crippen molar-refractivity contribution >= 4 is 33.7 Å². The summed E-state index contributed by atoms with van der Waals surface area (Å²) in [6.45, 7) is 0.498. The maximum absolute atomic E-state index is 5.83. The van der Waals surface area contributed by atoms with E-state index in [4.69, 9.17) is 16.3 Å². The molecule has 0 unspecified atom stereocenters. The Balaban J connectivity index is 1.86. The highest BCUT2D eigenvalue weighted by molar-refractivity contribution is 7.15. The topological polar surface area (TPSA) is 22.1 Å². The molecule has 0 atom stereocenters. The highest BCUT2D eigenvalue weighted by atomic mass is 35.5. The first-order valence-corrected chi connectivity index (χ1v) is 6.73. The van der Waals surface area contributed by atoms with Gasteiger partial charge in [0.25, 0.3) is 0 Å². The second-order valence-corrected chi connectivity index (χ2v) is 5.54. The van der Waals surface area contributed by atoms with E-state index in [2.05, 4.69) is 23.2 Å². The number of rotatable bonds is 3. The maximum Gasteiger partial charge on any atom is 0.183 e. The van der Waals surface area contributed by atoms with Crippen LogP contribution in [0.5, 0.6) is 5.75 Å². The minimum absolute atomic E-state index is 0.498. The first-order valence-electron chi connectivity index (χ1n) is 5.54. The van der Waals surface area contributed by atoms with Crippen molar-refractivity contribution in [3.8, 4) is 5.75 Å². The third-order valence-electron chi connectivity index (χ3n) is 2.64. The predicted octanol–water partition coefficient (Wildman–Crippen LogP) is 4.53. The Kier molecular flexibility index (Phi) is 3.17. The molecule has 2 nitrogen and oxygen atoms in total. The summed E-state index contributed by atoms with van der Waals surface area (Å²) >= 11 is 7.23. The number of ether oxygens (including phenoxy) is 1. The predicted molar refractivity (Wildman–Crippen MR) is 75.4 cm³/mol. The van der Waals surface area contributed by atoms with Crippen LogP contribution < -0.4 is 4.74 Å². The molecular weight excluding hydrogens is 266 g/mol. The van der Waals surface area contributed by atoms with Crippen LogP contribution in [0.1, 0.15) is 4.88 Å². The lowest BCUT2D eigenvalue weighted by Crippen LogP contribution is -1.93. The fraction of sp³-hybridized carbons (Fsp3) is 0.0714. The van der Waals surface area contributed by atoms with E-state index in [-0.39, 0.29) is 0 Å². The average Bonchev–Trinajstić information content (AvgIpc) is 2.82. The number of nitrogens with zero attached hydrogens (tertiary/aromatic N) is 1. The Labute approximate surface area is 114 Å². The number of thiazole rings is 1. The smallest absolute Gasteiger partial charge is 0.183 e. The van der Waals surface area contributed by atoms with Crippen molar-refractivity contribution in [2.75, 3.05) is 0 Å². The first-order chi connectivity index (χ1) is 8.83. The lowest BCUT2D eigenvalue weighted by molar-refractivity contribution is 0.313. The number of aromatic nitrogens is 1. The zero-order chi connectivity index (χ0) is 12.4. The van der Waals surface area contributed by atoms with E-state index in [1.807, 2.05) is 24.3 Å². The molecule has 0 N–H and O–H groups in total. The molecule has 0 radical (unpaired) electrons. The molecule has 2 aromatic carbocycles. The summed E-state index contributed by atoms with van der Waals surface area (Å²) in [5.74, 6) is 0.887. The number of benzene rings is 2. The molecule has 18 heavy (non-hydrogen) atoms. The second kappa shape index (κ2) is 4.96. The van der Waals surface area contributed by atoms with Gasteiger partial charge in [0.15, 0.2) is 4.47 Å². The Bertz CT molecular complexity index is 675. The van der Waals surface area contributed by atoms with E-state index in [1.165, 1.54) is 16.7 Å². The molecule has 90 valence electrons. The van der Waals surface area contributed by atoms with Gasteiger partial charge in [-0.15, -0.1) is 11.3 Å². The van der Waals surface area contributed by atoms with Gasteiger partial charge in [-0.05, 0) is 11.5 Å². The lowest BCUT2D eigenvalue weighted by Gasteiger charge is -2.07. The van der Waals surface area contributed by atoms with Crippen molar-refractivity contribution in [3.05, 3.63) is 58.0 Å². The zero-order valence-electron chi connectivity index (χ0n) is 9.47. The molecule has 0 amide bonds. The molecule has 3 aromatic rings. The van der Waals surface area contributed by atoms with Gasteiger partial charge >= 0.3 is 0 Å². The molecule has 0 aliphatic rings. The summed E-state index contributed by atoms with van der Waals surface area (Å²) < 4.78 is 6.38. The van der Waals surface area contributed by atoms with Crippen LogP contribution in [0.4, 0.5) is 0 Å². The van der Waals surface area contributed by atoms with E-state index in [0.29, 0.717) is 11.1 Å². The molecule has 0 saturated carbocycles. The number of hydrogen-bond donors (Lipinski definition) is 0. The maximum atomic E-state index is 5.83. The van der Waals surface area contributed by atoms with Crippen molar-refractivity contribution in [3.63, 3.8) is 0 Å². The van der Waals surface area contributed by atoms with Gasteiger partial charge in [-0.2, -0.15) is 0 Å². The van der Waals surface area contributed by atoms with Crippen LogP contribution in [-0.2, 0) is 6.61 Å². The third-order valence-corrected chi connectivity index (χ3v) is 3.73. The zero-order valence-corrected chi connectivity index (χ0v) is 11.0. The van der Waals surface area contributed by atoms with Crippen LogP contribution in [0, 0.1) is 0 Å². The Hall–Kier alpha value is -1.58. The van der Waals surface area contributed by atoms with Gasteiger partial charge in [0.05, 0.1) is 4.88 Å². The van der Waals surface area contributed by atoms with Gasteiger partial charge in [0.2, 0.25) is 0 Å². The largest absolute Gasteiger partial charge is 0.487 e. The normalized spacial score (nSPS) is 10.7. The lowest BCUT2D eigenvalue weighted by atomic mass is 10.1. The van der Waals surface area contributed by atoms with E-state index in [1.54, 1.807) is 6.20 Å². The van der Waals surface area contributed by atoms with Crippen molar-refractivity contribution < 1.29 is 4.74 Å². The molecule has 0 saturated heterocycles. The van der Waals surface area contributed by atoms with Crippen LogP contribution >= 0.6 is 22.9 Å². The number of halogens is 1. The highest BCUT2D eigenvalue weighted by Crippen LogP contribution is 2.27. The van der Waals surface area contributed by atoms with Crippen LogP contribution in [0.15, 0.2) is 48.7 Å². The molecule has 0 aliphatic carbocycles. The Morgan fingerprint density at radius 1 is 1.11 bits per heavy atom. The third kappa shape index (κ3) is 2.33. The SMILES string of the molecule is Clc1ncc(COc2cccc3ccccc23)s1. The van der Waals surface area contributed by atoms with E-state index < -0.39 is 0 Å². The van der Waals surface area contributed by atoms with Crippen LogP contribution in [0.3, 0.4) is 0 Å². The van der Waals surface area contributed by atoms with Crippen molar-refractivity contribution in [1.29, 1.82) is 0 Å². The van der Waals surface area contributed by atoms with Gasteiger partial charge in [0, 0.05) is 11.6 Å². The molecule has 1 heterocycles. The Morgan fingerprint density at radius 3 is 2.78 bits per heavy atom. The summed E-state index contributed by atoms with van der Waals surface area (Å²) in [6, 6.07) is 14.2. The summed E-state index contributed by atoms with van der Waals surface area (Å²) in [6.07, 6.45) is 1.75. The van der Waals surface area contributed by atoms with E-state index in [0.717, 1.165) is 16.0 Å². The monoisotopic (exact) mass is 275 g/mol. The van der Waals surface area contributed by atoms with Gasteiger partial charge in [-0.1, -0.05) is 48.0 Å². The van der Waals surface area contributed by atoms with Gasteiger partial charge < -0.3 is 4.74 Å². The molecule has 0 fully saturated rings. The first kappa shape index (κ1) is 11.5. The van der Waals surface area contributed by atoms with Crippen LogP contribution in [0.2, 0.25) is 4.47 Å². The van der Waals surface area contributed by atoms with Crippen LogP contribution in [0.25, 0.3) is 10.8 Å². The molecule has 4 heteroatoms. The van der Waals surface area contributed by atoms with Crippen molar-refractivity contribution in [1.82, 2.24) is 4.98 Å². The number of hydrogen-bond acceptors (Lipinski definition) is 3. The summed E-state index contributed by atoms with van der Waals surface area (Å²) in [5.41, 5.74) is 0. The van der Waals surface area contributed by atoms with E-state index in [9.17, 15) is 0 Å². The van der Waals surface area contributed by atoms with Crippen LogP contribution in [-0.4, -0.2) is 4.98 Å². The van der Waals surface area contributed by atoms with E-state index >= 15 is 0 Å². The molecule has 0 spiro atoms. The van der Waals surface area contributed by atoms with Gasteiger partial charge in [-0.25, -0.2) is 4.98 Å². The number of fused-ring (bicyclic) bond motifs is 1. The van der Waals surface area contributed by atoms with Crippen molar-refractivity contribution in [2.45, 2.75) is 6.61 Å². The fourth-order valence-electron chi connectivity index (χ4n) is 1.82. The van der Waals surface area contributed by atoms with Gasteiger partial charge in [0.1, 0.15) is 12.4 Å². The van der Waals surface area contributed by atoms with Gasteiger partial charge in [-0.3, -0.25) is 0 Å². The highest BCUT2D eigenvalue weighted by Gasteiger charge is 2.03. The summed E-state index contributed by atoms with van der Waals surface area (Å²) in [5, 5.41) is 2.30. The summed E-state index contributed by atoms with van der Waals surface area (Å²) in [7, 11) is 0. The molecule has 0 aliphatic heterocycles. The minimum atomic E-state index is 0.498. The van der Waals surface area contributed by atoms with Crippen molar-refractivity contribution in [2.24, 2.45) is 0 Å². The molecular formula is C14H10ClNOS. The Morgan fingerprint density at radius 2 is 1.94 bits per heavy atom. The minimum Gasteiger partial charge on any atom is -0.487 e. The molecule has 1 aromatic heterocycles. The fourth-order valence-corrected chi connectivity index (χ4v) is 2.71. The second-order valence-electron chi connectivity index (χ2n) is 3.85. The standard InChI is InChI=1S/C14H10ClNOS/c15-14-16-8-11(18-14)9-17-13-7-3-5-10-4-1-2-6-12(10)13/h1-8H,9H2.